The first-order chi connectivity index (χ1) is 8.26. The zero-order valence-corrected chi connectivity index (χ0v) is 10.7. The monoisotopic (exact) mass is 239 g/mol. The highest BCUT2D eigenvalue weighted by Gasteiger charge is 2.42. The fourth-order valence-electron chi connectivity index (χ4n) is 2.70. The Kier molecular flexibility index (Phi) is 4.43. The number of amides is 1. The Hall–Kier alpha value is -0.570. The van der Waals surface area contributed by atoms with Crippen LogP contribution < -0.4 is 5.32 Å². The molecule has 0 radical (unpaired) electrons. The minimum absolute atomic E-state index is 0.0390. The van der Waals surface area contributed by atoms with E-state index in [2.05, 4.69) is 5.32 Å². The maximum absolute atomic E-state index is 12.1. The van der Waals surface area contributed by atoms with Crippen LogP contribution in [0.25, 0.3) is 0 Å². The Morgan fingerprint density at radius 2 is 1.71 bits per heavy atom. The lowest BCUT2D eigenvalue weighted by Crippen LogP contribution is -2.36. The topological polar surface area (TPSA) is 49.3 Å². The van der Waals surface area contributed by atoms with E-state index in [4.69, 9.17) is 0 Å². The summed E-state index contributed by atoms with van der Waals surface area (Å²) in [4.78, 5) is 12.1. The van der Waals surface area contributed by atoms with Gasteiger partial charge in [-0.3, -0.25) is 4.79 Å². The second-order valence-corrected chi connectivity index (χ2v) is 5.92. The smallest absolute Gasteiger partial charge is 0.223 e. The molecule has 3 heteroatoms. The minimum Gasteiger partial charge on any atom is -0.396 e. The van der Waals surface area contributed by atoms with E-state index in [0.29, 0.717) is 6.54 Å². The van der Waals surface area contributed by atoms with Crippen molar-refractivity contribution in [1.82, 2.24) is 5.32 Å². The van der Waals surface area contributed by atoms with Gasteiger partial charge >= 0.3 is 0 Å². The third kappa shape index (κ3) is 3.70. The number of nitrogens with one attached hydrogen (secondary N) is 1. The first-order valence-electron chi connectivity index (χ1n) is 7.14. The molecule has 0 aromatic rings. The molecule has 2 aliphatic carbocycles. The number of hydrogen-bond acceptors (Lipinski definition) is 2. The maximum Gasteiger partial charge on any atom is 0.223 e. The van der Waals surface area contributed by atoms with Crippen LogP contribution in [0.1, 0.15) is 57.8 Å². The van der Waals surface area contributed by atoms with E-state index in [1.165, 1.54) is 32.1 Å². The average molecular weight is 239 g/mol. The number of hydrogen-bond donors (Lipinski definition) is 2. The normalized spacial score (nSPS) is 24.8. The molecule has 2 rings (SSSR count). The SMILES string of the molecule is O=C(NCC1(CO)CC1)C1CCCCCCC1. The van der Waals surface area contributed by atoms with Crippen molar-refractivity contribution in [3.8, 4) is 0 Å². The molecule has 0 aromatic heterocycles. The molecule has 1 amide bonds. The van der Waals surface area contributed by atoms with Gasteiger partial charge in [0.1, 0.15) is 0 Å². The van der Waals surface area contributed by atoms with E-state index in [9.17, 15) is 9.90 Å². The Bertz CT molecular complexity index is 253. The molecule has 0 bridgehead atoms. The van der Waals surface area contributed by atoms with E-state index >= 15 is 0 Å². The molecule has 98 valence electrons. The summed E-state index contributed by atoms with van der Waals surface area (Å²) < 4.78 is 0. The van der Waals surface area contributed by atoms with Crippen molar-refractivity contribution in [2.75, 3.05) is 13.2 Å². The van der Waals surface area contributed by atoms with Crippen LogP contribution in [-0.4, -0.2) is 24.2 Å². The molecule has 0 unspecified atom stereocenters. The first kappa shape index (κ1) is 12.9. The third-order valence-electron chi connectivity index (χ3n) is 4.41. The standard InChI is InChI=1S/C14H25NO2/c16-11-14(8-9-14)10-15-13(17)12-6-4-2-1-3-5-7-12/h12,16H,1-11H2,(H,15,17). The van der Waals surface area contributed by atoms with Gasteiger partial charge in [0.15, 0.2) is 0 Å². The number of carbonyl (C=O) groups is 1. The van der Waals surface area contributed by atoms with E-state index in [0.717, 1.165) is 25.7 Å². The van der Waals surface area contributed by atoms with Gasteiger partial charge in [-0.05, 0) is 25.7 Å². The highest BCUT2D eigenvalue weighted by Crippen LogP contribution is 2.44. The lowest BCUT2D eigenvalue weighted by Gasteiger charge is -2.20. The summed E-state index contributed by atoms with van der Waals surface area (Å²) in [6.45, 7) is 0.900. The number of rotatable bonds is 4. The fraction of sp³-hybridized carbons (Fsp3) is 0.929. The third-order valence-corrected chi connectivity index (χ3v) is 4.41. The van der Waals surface area contributed by atoms with Gasteiger partial charge < -0.3 is 10.4 Å². The molecule has 2 saturated carbocycles. The summed E-state index contributed by atoms with van der Waals surface area (Å²) in [7, 11) is 0. The van der Waals surface area contributed by atoms with Crippen LogP contribution in [0, 0.1) is 11.3 Å². The molecule has 2 N–H and O–H groups in total. The summed E-state index contributed by atoms with van der Waals surface area (Å²) >= 11 is 0. The maximum atomic E-state index is 12.1. The Balaban J connectivity index is 1.73. The molecule has 2 fully saturated rings. The molecule has 17 heavy (non-hydrogen) atoms. The molecule has 3 nitrogen and oxygen atoms in total. The van der Waals surface area contributed by atoms with Crippen molar-refractivity contribution < 1.29 is 9.90 Å². The quantitative estimate of drug-likeness (QED) is 0.790. The molecular formula is C14H25NO2. The van der Waals surface area contributed by atoms with Crippen molar-refractivity contribution in [1.29, 1.82) is 0 Å². The van der Waals surface area contributed by atoms with Gasteiger partial charge in [0.05, 0.1) is 6.61 Å². The Labute approximate surface area is 104 Å². The summed E-state index contributed by atoms with van der Waals surface area (Å²) in [5, 5.41) is 12.3. The molecule has 0 atom stereocenters. The van der Waals surface area contributed by atoms with Crippen LogP contribution in [0.5, 0.6) is 0 Å². The predicted molar refractivity (Wildman–Crippen MR) is 67.6 cm³/mol. The van der Waals surface area contributed by atoms with Gasteiger partial charge in [0.25, 0.3) is 0 Å². The number of aliphatic hydroxyl groups is 1. The van der Waals surface area contributed by atoms with Crippen LogP contribution in [-0.2, 0) is 4.79 Å². The van der Waals surface area contributed by atoms with E-state index < -0.39 is 0 Å². The minimum atomic E-state index is 0.0390. The lowest BCUT2D eigenvalue weighted by atomic mass is 9.90. The molecule has 0 saturated heterocycles. The zero-order chi connectivity index (χ0) is 12.1. The van der Waals surface area contributed by atoms with Crippen molar-refractivity contribution in [3.63, 3.8) is 0 Å². The molecule has 2 aliphatic rings. The molecule has 0 aromatic carbocycles. The summed E-state index contributed by atoms with van der Waals surface area (Å²) in [6, 6.07) is 0. The van der Waals surface area contributed by atoms with E-state index in [1.54, 1.807) is 0 Å². The largest absolute Gasteiger partial charge is 0.396 e. The Morgan fingerprint density at radius 1 is 1.12 bits per heavy atom. The van der Waals surface area contributed by atoms with E-state index in [-0.39, 0.29) is 23.8 Å². The van der Waals surface area contributed by atoms with Crippen LogP contribution in [0.15, 0.2) is 0 Å². The van der Waals surface area contributed by atoms with Gasteiger partial charge in [-0.1, -0.05) is 32.1 Å². The summed E-state index contributed by atoms with van der Waals surface area (Å²) in [5.74, 6) is 0.455. The second kappa shape index (κ2) is 5.85. The van der Waals surface area contributed by atoms with Crippen molar-refractivity contribution in [2.45, 2.75) is 57.8 Å². The highest BCUT2D eigenvalue weighted by molar-refractivity contribution is 5.78. The van der Waals surface area contributed by atoms with Crippen LogP contribution >= 0.6 is 0 Å². The average Bonchev–Trinajstić information content (AvgIpc) is 3.06. The molecule has 0 spiro atoms. The van der Waals surface area contributed by atoms with Gasteiger partial charge in [-0.2, -0.15) is 0 Å². The molecule has 0 heterocycles. The number of aliphatic hydroxyl groups excluding tert-OH is 1. The first-order valence-corrected chi connectivity index (χ1v) is 7.14. The van der Waals surface area contributed by atoms with E-state index in [1.807, 2.05) is 0 Å². The second-order valence-electron chi connectivity index (χ2n) is 5.92. The van der Waals surface area contributed by atoms with Crippen LogP contribution in [0.4, 0.5) is 0 Å². The molecule has 0 aliphatic heterocycles. The summed E-state index contributed by atoms with van der Waals surface area (Å²) in [5.41, 5.74) is 0.0390. The van der Waals surface area contributed by atoms with Crippen LogP contribution in [0.3, 0.4) is 0 Å². The van der Waals surface area contributed by atoms with Gasteiger partial charge in [0.2, 0.25) is 5.91 Å². The van der Waals surface area contributed by atoms with Crippen molar-refractivity contribution in [3.05, 3.63) is 0 Å². The highest BCUT2D eigenvalue weighted by atomic mass is 16.3. The van der Waals surface area contributed by atoms with Crippen LogP contribution in [0.2, 0.25) is 0 Å². The van der Waals surface area contributed by atoms with Crippen molar-refractivity contribution in [2.24, 2.45) is 11.3 Å². The van der Waals surface area contributed by atoms with Gasteiger partial charge in [-0.25, -0.2) is 0 Å². The van der Waals surface area contributed by atoms with Gasteiger partial charge in [-0.15, -0.1) is 0 Å². The molecular weight excluding hydrogens is 214 g/mol. The zero-order valence-electron chi connectivity index (χ0n) is 10.7. The number of carbonyl (C=O) groups excluding carboxylic acids is 1. The fourth-order valence-corrected chi connectivity index (χ4v) is 2.70. The van der Waals surface area contributed by atoms with Crippen molar-refractivity contribution >= 4 is 5.91 Å². The summed E-state index contributed by atoms with van der Waals surface area (Å²) in [6.07, 6.45) is 10.5. The van der Waals surface area contributed by atoms with Gasteiger partial charge in [0, 0.05) is 17.9 Å². The Morgan fingerprint density at radius 3 is 2.24 bits per heavy atom. The lowest BCUT2D eigenvalue weighted by molar-refractivity contribution is -0.125. The predicted octanol–water partition coefficient (Wildman–Crippen LogP) is 2.24.